The van der Waals surface area contributed by atoms with Crippen LogP contribution in [0.5, 0.6) is 0 Å². The Kier molecular flexibility index (Phi) is 3.06. The molecule has 0 aliphatic carbocycles. The Morgan fingerprint density at radius 1 is 1.65 bits per heavy atom. The van der Waals surface area contributed by atoms with Gasteiger partial charge in [-0.05, 0) is 12.3 Å². The molecule has 6 heteroatoms. The number of carbonyl (C=O) groups is 1. The standard InChI is InChI=1S/C11H18N4O2/c1-7-3-4-15(6-9(7)16)11(17)10-8(12)5-14(2)13-10/h5,7,9,16H,3-4,6,12H2,1-2H3. The van der Waals surface area contributed by atoms with E-state index in [0.717, 1.165) is 6.42 Å². The Balaban J connectivity index is 2.13. The molecule has 0 spiro atoms. The lowest BCUT2D eigenvalue weighted by atomic mass is 9.96. The van der Waals surface area contributed by atoms with Crippen molar-refractivity contribution in [2.45, 2.75) is 19.4 Å². The highest BCUT2D eigenvalue weighted by Gasteiger charge is 2.29. The lowest BCUT2D eigenvalue weighted by molar-refractivity contribution is 0.0245. The molecule has 1 aromatic rings. The van der Waals surface area contributed by atoms with Gasteiger partial charge in [-0.1, -0.05) is 6.92 Å². The summed E-state index contributed by atoms with van der Waals surface area (Å²) in [5, 5.41) is 13.8. The Morgan fingerprint density at radius 2 is 2.35 bits per heavy atom. The van der Waals surface area contributed by atoms with Gasteiger partial charge in [0, 0.05) is 26.3 Å². The van der Waals surface area contributed by atoms with Gasteiger partial charge in [0.25, 0.3) is 5.91 Å². The van der Waals surface area contributed by atoms with Gasteiger partial charge < -0.3 is 15.7 Å². The van der Waals surface area contributed by atoms with Crippen LogP contribution in [0.4, 0.5) is 5.69 Å². The number of piperidine rings is 1. The molecule has 1 amide bonds. The van der Waals surface area contributed by atoms with Gasteiger partial charge in [-0.25, -0.2) is 0 Å². The number of aliphatic hydroxyl groups is 1. The van der Waals surface area contributed by atoms with Crippen molar-refractivity contribution >= 4 is 11.6 Å². The fourth-order valence-electron chi connectivity index (χ4n) is 2.06. The third-order valence-corrected chi connectivity index (χ3v) is 3.27. The summed E-state index contributed by atoms with van der Waals surface area (Å²) < 4.78 is 1.52. The van der Waals surface area contributed by atoms with Crippen LogP contribution in [-0.2, 0) is 7.05 Å². The summed E-state index contributed by atoms with van der Waals surface area (Å²) in [6, 6.07) is 0. The van der Waals surface area contributed by atoms with Crippen LogP contribution in [0.25, 0.3) is 0 Å². The Hall–Kier alpha value is -1.56. The van der Waals surface area contributed by atoms with Crippen LogP contribution in [0, 0.1) is 5.92 Å². The highest BCUT2D eigenvalue weighted by Crippen LogP contribution is 2.20. The molecule has 1 fully saturated rings. The van der Waals surface area contributed by atoms with E-state index in [1.165, 1.54) is 4.68 Å². The number of aromatic nitrogens is 2. The third kappa shape index (κ3) is 2.26. The number of aryl methyl sites for hydroxylation is 1. The SMILES string of the molecule is CC1CCN(C(=O)c2nn(C)cc2N)CC1O. The fraction of sp³-hybridized carbons (Fsp3) is 0.636. The maximum absolute atomic E-state index is 12.1. The summed E-state index contributed by atoms with van der Waals surface area (Å²) in [6.45, 7) is 2.99. The molecule has 3 N–H and O–H groups in total. The van der Waals surface area contributed by atoms with Crippen molar-refractivity contribution in [3.05, 3.63) is 11.9 Å². The van der Waals surface area contributed by atoms with Gasteiger partial charge in [0.1, 0.15) is 0 Å². The van der Waals surface area contributed by atoms with E-state index in [4.69, 9.17) is 5.73 Å². The predicted octanol–water partition coefficient (Wildman–Crippen LogP) is -0.155. The molecule has 2 heterocycles. The van der Waals surface area contributed by atoms with Gasteiger partial charge in [-0.15, -0.1) is 0 Å². The number of likely N-dealkylation sites (tertiary alicyclic amines) is 1. The van der Waals surface area contributed by atoms with E-state index in [2.05, 4.69) is 5.10 Å². The zero-order chi connectivity index (χ0) is 12.6. The molecule has 0 radical (unpaired) electrons. The maximum atomic E-state index is 12.1. The Labute approximate surface area is 100 Å². The van der Waals surface area contributed by atoms with Crippen molar-refractivity contribution in [2.75, 3.05) is 18.8 Å². The molecular weight excluding hydrogens is 220 g/mol. The number of aliphatic hydroxyl groups excluding tert-OH is 1. The molecule has 1 aromatic heterocycles. The van der Waals surface area contributed by atoms with Crippen molar-refractivity contribution < 1.29 is 9.90 Å². The van der Waals surface area contributed by atoms with E-state index in [1.807, 2.05) is 6.92 Å². The third-order valence-electron chi connectivity index (χ3n) is 3.27. The normalized spacial score (nSPS) is 25.0. The highest BCUT2D eigenvalue weighted by molar-refractivity contribution is 5.97. The summed E-state index contributed by atoms with van der Waals surface area (Å²) in [5.41, 5.74) is 6.37. The van der Waals surface area contributed by atoms with E-state index in [9.17, 15) is 9.90 Å². The highest BCUT2D eigenvalue weighted by atomic mass is 16.3. The first kappa shape index (κ1) is 11.9. The molecular formula is C11H18N4O2. The van der Waals surface area contributed by atoms with Gasteiger partial charge in [-0.3, -0.25) is 9.48 Å². The molecule has 2 unspecified atom stereocenters. The Bertz CT molecular complexity index is 429. The number of nitrogens with zero attached hydrogens (tertiary/aromatic N) is 3. The number of hydrogen-bond acceptors (Lipinski definition) is 4. The number of carbonyl (C=O) groups excluding carboxylic acids is 1. The minimum Gasteiger partial charge on any atom is -0.396 e. The van der Waals surface area contributed by atoms with Crippen LogP contribution in [0.15, 0.2) is 6.20 Å². The van der Waals surface area contributed by atoms with Gasteiger partial charge in [0.05, 0.1) is 11.8 Å². The Morgan fingerprint density at radius 3 is 2.88 bits per heavy atom. The lowest BCUT2D eigenvalue weighted by Crippen LogP contribution is -2.46. The van der Waals surface area contributed by atoms with E-state index in [0.29, 0.717) is 18.8 Å². The average Bonchev–Trinajstić information content (AvgIpc) is 2.61. The van der Waals surface area contributed by atoms with Crippen LogP contribution in [0.1, 0.15) is 23.8 Å². The topological polar surface area (TPSA) is 84.4 Å². The molecule has 2 atom stereocenters. The second-order valence-corrected chi connectivity index (χ2v) is 4.69. The van der Waals surface area contributed by atoms with Crippen molar-refractivity contribution in [1.29, 1.82) is 0 Å². The van der Waals surface area contributed by atoms with Gasteiger partial charge in [-0.2, -0.15) is 5.10 Å². The van der Waals surface area contributed by atoms with Crippen LogP contribution in [0.3, 0.4) is 0 Å². The molecule has 0 aromatic carbocycles. The van der Waals surface area contributed by atoms with Crippen molar-refractivity contribution in [3.63, 3.8) is 0 Å². The molecule has 17 heavy (non-hydrogen) atoms. The lowest BCUT2D eigenvalue weighted by Gasteiger charge is -2.33. The van der Waals surface area contributed by atoms with E-state index in [1.54, 1.807) is 18.1 Å². The molecule has 6 nitrogen and oxygen atoms in total. The first-order valence-corrected chi connectivity index (χ1v) is 5.75. The van der Waals surface area contributed by atoms with E-state index >= 15 is 0 Å². The zero-order valence-corrected chi connectivity index (χ0v) is 10.1. The van der Waals surface area contributed by atoms with E-state index in [-0.39, 0.29) is 17.5 Å². The predicted molar refractivity (Wildman–Crippen MR) is 63.3 cm³/mol. The number of anilines is 1. The summed E-state index contributed by atoms with van der Waals surface area (Å²) in [5.74, 6) is 0.0363. The fourth-order valence-corrected chi connectivity index (χ4v) is 2.06. The van der Waals surface area contributed by atoms with Crippen LogP contribution >= 0.6 is 0 Å². The average molecular weight is 238 g/mol. The molecule has 1 saturated heterocycles. The minimum atomic E-state index is -0.461. The number of hydrogen-bond donors (Lipinski definition) is 2. The maximum Gasteiger partial charge on any atom is 0.276 e. The smallest absolute Gasteiger partial charge is 0.276 e. The molecule has 1 aliphatic heterocycles. The summed E-state index contributed by atoms with van der Waals surface area (Å²) in [7, 11) is 1.72. The summed E-state index contributed by atoms with van der Waals surface area (Å²) in [6.07, 6.45) is 1.95. The first-order chi connectivity index (χ1) is 7.99. The quantitative estimate of drug-likeness (QED) is 0.712. The van der Waals surface area contributed by atoms with Crippen molar-refractivity contribution in [1.82, 2.24) is 14.7 Å². The number of β-amino-alcohol motifs (C(OH)–C–C–N with tert-alkyl or cyclic N) is 1. The largest absolute Gasteiger partial charge is 0.396 e. The first-order valence-electron chi connectivity index (χ1n) is 5.75. The van der Waals surface area contributed by atoms with Gasteiger partial charge >= 0.3 is 0 Å². The zero-order valence-electron chi connectivity index (χ0n) is 10.1. The number of nitrogen functional groups attached to an aromatic ring is 1. The monoisotopic (exact) mass is 238 g/mol. The molecule has 1 aliphatic rings. The molecule has 0 bridgehead atoms. The summed E-state index contributed by atoms with van der Waals surface area (Å²) >= 11 is 0. The second kappa shape index (κ2) is 4.37. The molecule has 94 valence electrons. The minimum absolute atomic E-state index is 0.200. The molecule has 0 saturated carbocycles. The van der Waals surface area contributed by atoms with E-state index < -0.39 is 6.10 Å². The second-order valence-electron chi connectivity index (χ2n) is 4.69. The van der Waals surface area contributed by atoms with Crippen LogP contribution < -0.4 is 5.73 Å². The number of rotatable bonds is 1. The van der Waals surface area contributed by atoms with Crippen LogP contribution in [-0.4, -0.2) is 44.9 Å². The number of nitrogens with two attached hydrogens (primary N) is 1. The summed E-state index contributed by atoms with van der Waals surface area (Å²) in [4.78, 5) is 13.8. The van der Waals surface area contributed by atoms with Gasteiger partial charge in [0.2, 0.25) is 0 Å². The van der Waals surface area contributed by atoms with Crippen molar-refractivity contribution in [2.24, 2.45) is 13.0 Å². The van der Waals surface area contributed by atoms with Crippen LogP contribution in [0.2, 0.25) is 0 Å². The molecule has 2 rings (SSSR count). The number of amides is 1. The van der Waals surface area contributed by atoms with Gasteiger partial charge in [0.15, 0.2) is 5.69 Å². The van der Waals surface area contributed by atoms with Crippen molar-refractivity contribution in [3.8, 4) is 0 Å².